The molecule has 1 aromatic carbocycles. The van der Waals surface area contributed by atoms with Gasteiger partial charge in [0.2, 0.25) is 5.91 Å². The van der Waals surface area contributed by atoms with Crippen molar-refractivity contribution < 1.29 is 6.22 Å². The number of pyridine rings is 1. The van der Waals surface area contributed by atoms with E-state index >= 15 is 0 Å². The Morgan fingerprint density at radius 3 is 2.39 bits per heavy atom. The molecule has 0 aliphatic rings. The second kappa shape index (κ2) is 5.88. The average molecular weight is 308 g/mol. The van der Waals surface area contributed by atoms with Gasteiger partial charge in [-0.1, -0.05) is 35.9 Å². The highest BCUT2D eigenvalue weighted by Gasteiger charge is 2.18. The maximum absolute atomic E-state index is 12.3. The summed E-state index contributed by atoms with van der Waals surface area (Å²) < 4.78 is 2.03. The zero-order valence-corrected chi connectivity index (χ0v) is 14.0. The van der Waals surface area contributed by atoms with Gasteiger partial charge >= 0.3 is 1.43 Å². The summed E-state index contributed by atoms with van der Waals surface area (Å²) in [6, 6.07) is 12.3. The number of likely N-dealkylation sites (N-methyl/N-ethyl adjacent to an activating group) is 1. The van der Waals surface area contributed by atoms with Crippen LogP contribution in [0.4, 0.5) is 0 Å². The van der Waals surface area contributed by atoms with Gasteiger partial charge in [0.25, 0.3) is 0 Å². The Bertz CT molecular complexity index is 866. The van der Waals surface area contributed by atoms with Crippen LogP contribution < -0.4 is 0 Å². The number of nitrogens with zero attached hydrogens (tertiary/aromatic N) is 3. The Kier molecular flexibility index (Phi) is 3.90. The van der Waals surface area contributed by atoms with Gasteiger partial charge in [0.15, 0.2) is 0 Å². The number of hydrogen-bond acceptors (Lipinski definition) is 2. The summed E-state index contributed by atoms with van der Waals surface area (Å²) >= 11 is 0. The maximum atomic E-state index is 12.3. The molecular weight excluding hydrogens is 286 g/mol. The summed E-state index contributed by atoms with van der Waals surface area (Å²) in [5.74, 6) is 0.0710. The van der Waals surface area contributed by atoms with Crippen molar-refractivity contribution in [3.8, 4) is 11.3 Å². The van der Waals surface area contributed by atoms with Gasteiger partial charge in [-0.25, -0.2) is 4.98 Å². The van der Waals surface area contributed by atoms with E-state index < -0.39 is 0 Å². The Morgan fingerprint density at radius 1 is 1.09 bits per heavy atom. The van der Waals surface area contributed by atoms with Gasteiger partial charge in [-0.3, -0.25) is 4.79 Å². The third-order valence-corrected chi connectivity index (χ3v) is 4.01. The summed E-state index contributed by atoms with van der Waals surface area (Å²) in [6.07, 6.45) is 2.37. The molecule has 4 nitrogen and oxygen atoms in total. The Balaban J connectivity index is 0.00000208. The third-order valence-electron chi connectivity index (χ3n) is 4.01. The van der Waals surface area contributed by atoms with Crippen LogP contribution in [0.1, 0.15) is 18.2 Å². The average Bonchev–Trinajstić information content (AvgIpc) is 2.86. The van der Waals surface area contributed by atoms with Gasteiger partial charge in [0.05, 0.1) is 17.8 Å². The van der Waals surface area contributed by atoms with E-state index in [1.54, 1.807) is 19.0 Å². The summed E-state index contributed by atoms with van der Waals surface area (Å²) in [7, 11) is 3.56. The molecule has 4 heteroatoms. The van der Waals surface area contributed by atoms with Crippen molar-refractivity contribution in [2.45, 2.75) is 20.3 Å². The van der Waals surface area contributed by atoms with Crippen molar-refractivity contribution >= 4 is 11.6 Å². The standard InChI is InChI=1S/C19H21N3O/c1-13-5-8-15(9-6-13)19-16(11-18(23)21(3)4)22-12-14(2)7-10-17(22)20-19/h5-10,12H,11H2,1-4H3/p+1. The monoisotopic (exact) mass is 308 g/mol. The first-order chi connectivity index (χ1) is 11.0. The second-order valence-electron chi connectivity index (χ2n) is 6.17. The van der Waals surface area contributed by atoms with Gasteiger partial charge in [-0.05, 0) is 25.5 Å². The maximum Gasteiger partial charge on any atom is 1.00 e. The molecule has 0 saturated heterocycles. The van der Waals surface area contributed by atoms with Crippen molar-refractivity contribution in [3.63, 3.8) is 0 Å². The fourth-order valence-electron chi connectivity index (χ4n) is 2.61. The van der Waals surface area contributed by atoms with E-state index in [-0.39, 0.29) is 7.33 Å². The molecule has 3 rings (SSSR count). The van der Waals surface area contributed by atoms with Crippen LogP contribution in [0.15, 0.2) is 42.6 Å². The SMILES string of the molecule is Cc1ccc(-c2nc3ccc(C)cn3c2CC(=O)N(C)C)cc1.[H+]. The second-order valence-corrected chi connectivity index (χ2v) is 6.17. The molecule has 3 aromatic rings. The Labute approximate surface area is 137 Å². The number of carbonyl (C=O) groups excluding carboxylic acids is 1. The van der Waals surface area contributed by atoms with E-state index in [0.29, 0.717) is 6.42 Å². The summed E-state index contributed by atoms with van der Waals surface area (Å²) in [6.45, 7) is 4.11. The van der Waals surface area contributed by atoms with E-state index in [0.717, 1.165) is 28.2 Å². The molecule has 1 amide bonds. The molecule has 0 N–H and O–H groups in total. The summed E-state index contributed by atoms with van der Waals surface area (Å²) in [5.41, 5.74) is 6.08. The van der Waals surface area contributed by atoms with Crippen LogP contribution in [-0.2, 0) is 11.2 Å². The lowest BCUT2D eigenvalue weighted by atomic mass is 10.1. The topological polar surface area (TPSA) is 37.6 Å². The van der Waals surface area contributed by atoms with Crippen LogP contribution in [0.5, 0.6) is 0 Å². The van der Waals surface area contributed by atoms with E-state index in [1.165, 1.54) is 5.56 Å². The highest BCUT2D eigenvalue weighted by molar-refractivity contribution is 5.81. The predicted molar refractivity (Wildman–Crippen MR) is 93.6 cm³/mol. The van der Waals surface area contributed by atoms with Crippen molar-refractivity contribution in [1.29, 1.82) is 0 Å². The summed E-state index contributed by atoms with van der Waals surface area (Å²) in [4.78, 5) is 18.6. The van der Waals surface area contributed by atoms with Crippen LogP contribution in [0, 0.1) is 13.8 Å². The van der Waals surface area contributed by atoms with Crippen molar-refractivity contribution in [3.05, 3.63) is 59.4 Å². The summed E-state index contributed by atoms with van der Waals surface area (Å²) in [5, 5.41) is 0. The number of fused-ring (bicyclic) bond motifs is 1. The van der Waals surface area contributed by atoms with Crippen LogP contribution in [0.2, 0.25) is 0 Å². The molecule has 0 saturated carbocycles. The largest absolute Gasteiger partial charge is 1.00 e. The lowest BCUT2D eigenvalue weighted by Crippen LogP contribution is -2.24. The number of rotatable bonds is 3. The van der Waals surface area contributed by atoms with Crippen LogP contribution >= 0.6 is 0 Å². The van der Waals surface area contributed by atoms with Gasteiger partial charge in [-0.2, -0.15) is 0 Å². The van der Waals surface area contributed by atoms with Gasteiger partial charge in [0.1, 0.15) is 5.65 Å². The zero-order valence-electron chi connectivity index (χ0n) is 15.0. The fourth-order valence-corrected chi connectivity index (χ4v) is 2.61. The molecule has 0 bridgehead atoms. The number of amides is 1. The first kappa shape index (κ1) is 15.3. The first-order valence-corrected chi connectivity index (χ1v) is 7.70. The number of imidazole rings is 1. The molecule has 23 heavy (non-hydrogen) atoms. The first-order valence-electron chi connectivity index (χ1n) is 7.70. The molecule has 0 fully saturated rings. The predicted octanol–water partition coefficient (Wildman–Crippen LogP) is 3.36. The fraction of sp³-hybridized carbons (Fsp3) is 0.263. The van der Waals surface area contributed by atoms with E-state index in [4.69, 9.17) is 4.98 Å². The molecule has 2 aromatic heterocycles. The number of aryl methyl sites for hydroxylation is 2. The number of benzene rings is 1. The zero-order chi connectivity index (χ0) is 16.6. The van der Waals surface area contributed by atoms with Crippen LogP contribution in [-0.4, -0.2) is 34.3 Å². The van der Waals surface area contributed by atoms with Crippen molar-refractivity contribution in [2.24, 2.45) is 0 Å². The molecule has 118 valence electrons. The molecule has 0 atom stereocenters. The lowest BCUT2D eigenvalue weighted by molar-refractivity contribution is -0.128. The smallest absolute Gasteiger partial charge is 0.348 e. The lowest BCUT2D eigenvalue weighted by Gasteiger charge is -2.11. The molecule has 0 spiro atoms. The van der Waals surface area contributed by atoms with Crippen LogP contribution in [0.25, 0.3) is 16.9 Å². The molecule has 0 aliphatic carbocycles. The normalized spacial score (nSPS) is 11.0. The van der Waals surface area contributed by atoms with Gasteiger partial charge in [0, 0.05) is 25.9 Å². The van der Waals surface area contributed by atoms with E-state index in [2.05, 4.69) is 31.2 Å². The quantitative estimate of drug-likeness (QED) is 0.744. The highest BCUT2D eigenvalue weighted by atomic mass is 16.2. The van der Waals surface area contributed by atoms with Gasteiger partial charge in [-0.15, -0.1) is 0 Å². The molecule has 0 aliphatic heterocycles. The highest BCUT2D eigenvalue weighted by Crippen LogP contribution is 2.26. The Morgan fingerprint density at radius 2 is 1.74 bits per heavy atom. The van der Waals surface area contributed by atoms with Crippen LogP contribution in [0.3, 0.4) is 0 Å². The Hall–Kier alpha value is -2.62. The van der Waals surface area contributed by atoms with Gasteiger partial charge < -0.3 is 9.30 Å². The number of aromatic nitrogens is 2. The van der Waals surface area contributed by atoms with Crippen molar-refractivity contribution in [2.75, 3.05) is 14.1 Å². The van der Waals surface area contributed by atoms with E-state index in [9.17, 15) is 4.79 Å². The van der Waals surface area contributed by atoms with E-state index in [1.807, 2.05) is 29.7 Å². The minimum Gasteiger partial charge on any atom is -0.348 e. The third kappa shape index (κ3) is 2.97. The molecular formula is C19H22N3O+. The number of carbonyl (C=O) groups is 1. The minimum absolute atomic E-state index is 0. The number of hydrogen-bond donors (Lipinski definition) is 0. The molecule has 0 unspecified atom stereocenters. The molecule has 2 heterocycles. The molecule has 0 radical (unpaired) electrons. The minimum atomic E-state index is 0. The van der Waals surface area contributed by atoms with Crippen molar-refractivity contribution in [1.82, 2.24) is 14.3 Å².